The van der Waals surface area contributed by atoms with Crippen molar-refractivity contribution in [2.75, 3.05) is 12.8 Å². The van der Waals surface area contributed by atoms with Crippen molar-refractivity contribution in [2.45, 2.75) is 18.6 Å². The summed E-state index contributed by atoms with van der Waals surface area (Å²) in [7, 11) is 0. The summed E-state index contributed by atoms with van der Waals surface area (Å²) in [6, 6.07) is 4.35. The monoisotopic (exact) mass is 346 g/mol. The number of rotatable bonds is 6. The number of halogens is 1. The fraction of sp³-hybridized carbons (Fsp3) is 0.417. The van der Waals surface area contributed by atoms with Gasteiger partial charge in [-0.1, -0.05) is 6.92 Å². The zero-order valence-corrected chi connectivity index (χ0v) is 13.1. The van der Waals surface area contributed by atoms with Gasteiger partial charge in [0.25, 0.3) is 11.6 Å². The zero-order valence-electron chi connectivity index (χ0n) is 10.7. The maximum Gasteiger partial charge on any atom is 0.284 e. The number of benzene rings is 1. The van der Waals surface area contributed by atoms with E-state index in [1.54, 1.807) is 17.8 Å². The second-order valence-corrected chi connectivity index (χ2v) is 6.14. The summed E-state index contributed by atoms with van der Waals surface area (Å²) in [4.78, 5) is 22.1. The largest absolute Gasteiger partial charge is 0.352 e. The zero-order chi connectivity index (χ0) is 14.4. The molecule has 0 saturated heterocycles. The van der Waals surface area contributed by atoms with Gasteiger partial charge in [0.15, 0.2) is 0 Å². The van der Waals surface area contributed by atoms with Gasteiger partial charge >= 0.3 is 0 Å². The third-order valence-electron chi connectivity index (χ3n) is 2.64. The molecule has 104 valence electrons. The Bertz CT molecular complexity index is 482. The van der Waals surface area contributed by atoms with Crippen LogP contribution in [0, 0.1) is 10.1 Å². The molecule has 7 heteroatoms. The van der Waals surface area contributed by atoms with Crippen LogP contribution in [0.2, 0.25) is 0 Å². The second kappa shape index (κ2) is 7.49. The molecule has 0 bridgehead atoms. The van der Waals surface area contributed by atoms with Crippen LogP contribution in [-0.2, 0) is 0 Å². The average Bonchev–Trinajstić information content (AvgIpc) is 2.38. The van der Waals surface area contributed by atoms with E-state index in [1.807, 2.05) is 6.26 Å². The number of hydrogen-bond donors (Lipinski definition) is 1. The smallest absolute Gasteiger partial charge is 0.284 e. The maximum absolute atomic E-state index is 11.8. The molecule has 1 aromatic carbocycles. The first kappa shape index (κ1) is 16.0. The van der Waals surface area contributed by atoms with Crippen LogP contribution in [0.3, 0.4) is 0 Å². The summed E-state index contributed by atoms with van der Waals surface area (Å²) in [5, 5.41) is 14.0. The molecule has 0 aliphatic rings. The van der Waals surface area contributed by atoms with Gasteiger partial charge in [-0.3, -0.25) is 14.9 Å². The van der Waals surface area contributed by atoms with Crippen molar-refractivity contribution < 1.29 is 9.72 Å². The van der Waals surface area contributed by atoms with Gasteiger partial charge in [-0.15, -0.1) is 0 Å². The Labute approximate surface area is 124 Å². The summed E-state index contributed by atoms with van der Waals surface area (Å²) in [6.07, 6.45) is 2.89. The summed E-state index contributed by atoms with van der Waals surface area (Å²) in [5.74, 6) is -0.288. The van der Waals surface area contributed by atoms with E-state index in [2.05, 4.69) is 28.2 Å². The fourth-order valence-electron chi connectivity index (χ4n) is 1.40. The highest BCUT2D eigenvalue weighted by Gasteiger charge is 2.15. The predicted molar refractivity (Wildman–Crippen MR) is 80.7 cm³/mol. The first-order valence-electron chi connectivity index (χ1n) is 5.70. The highest BCUT2D eigenvalue weighted by molar-refractivity contribution is 9.10. The van der Waals surface area contributed by atoms with E-state index in [4.69, 9.17) is 0 Å². The lowest BCUT2D eigenvalue weighted by atomic mass is 10.2. The Morgan fingerprint density at radius 1 is 1.58 bits per heavy atom. The van der Waals surface area contributed by atoms with Gasteiger partial charge in [0.2, 0.25) is 0 Å². The molecule has 0 radical (unpaired) electrons. The third kappa shape index (κ3) is 4.83. The number of carbonyl (C=O) groups is 1. The van der Waals surface area contributed by atoms with Crippen molar-refractivity contribution in [2.24, 2.45) is 0 Å². The van der Waals surface area contributed by atoms with Gasteiger partial charge in [0.1, 0.15) is 0 Å². The van der Waals surface area contributed by atoms with E-state index < -0.39 is 4.92 Å². The van der Waals surface area contributed by atoms with Gasteiger partial charge in [-0.05, 0) is 40.7 Å². The lowest BCUT2D eigenvalue weighted by Gasteiger charge is -2.09. The number of nitro benzene ring substituents is 1. The number of hydrogen-bond acceptors (Lipinski definition) is 4. The van der Waals surface area contributed by atoms with Crippen molar-refractivity contribution >= 4 is 39.3 Å². The van der Waals surface area contributed by atoms with Gasteiger partial charge in [0, 0.05) is 23.4 Å². The van der Waals surface area contributed by atoms with Crippen molar-refractivity contribution in [1.29, 1.82) is 0 Å². The van der Waals surface area contributed by atoms with E-state index in [-0.39, 0.29) is 11.6 Å². The molecule has 0 aliphatic heterocycles. The summed E-state index contributed by atoms with van der Waals surface area (Å²) >= 11 is 4.82. The Balaban J connectivity index is 2.67. The first-order chi connectivity index (χ1) is 8.95. The number of nitrogens with one attached hydrogen (secondary N) is 1. The van der Waals surface area contributed by atoms with E-state index in [1.165, 1.54) is 12.1 Å². The molecule has 0 aliphatic carbocycles. The minimum atomic E-state index is -0.517. The number of carbonyl (C=O) groups excluding carboxylic acids is 1. The molecule has 1 unspecified atom stereocenters. The molecule has 0 aromatic heterocycles. The molecule has 1 N–H and O–H groups in total. The molecule has 1 aromatic rings. The van der Waals surface area contributed by atoms with Gasteiger partial charge < -0.3 is 5.32 Å². The molecule has 5 nitrogen and oxygen atoms in total. The Morgan fingerprint density at radius 2 is 2.26 bits per heavy atom. The van der Waals surface area contributed by atoms with Gasteiger partial charge in [-0.2, -0.15) is 11.8 Å². The van der Waals surface area contributed by atoms with Crippen LogP contribution >= 0.6 is 27.7 Å². The molecule has 0 saturated carbocycles. The minimum Gasteiger partial charge on any atom is -0.352 e. The minimum absolute atomic E-state index is 0.106. The standard InChI is InChI=1S/C12H15BrN2O3S/c1-8(19-2)5-6-14-12(16)9-3-4-10(13)11(7-9)15(17)18/h3-4,7-8H,5-6H2,1-2H3,(H,14,16). The number of nitro groups is 1. The second-order valence-electron chi connectivity index (χ2n) is 4.01. The highest BCUT2D eigenvalue weighted by atomic mass is 79.9. The average molecular weight is 347 g/mol. The quantitative estimate of drug-likeness (QED) is 0.633. The SMILES string of the molecule is CSC(C)CCNC(=O)c1ccc(Br)c([N+](=O)[O-])c1. The predicted octanol–water partition coefficient (Wildman–Crippen LogP) is 3.23. The lowest BCUT2D eigenvalue weighted by molar-refractivity contribution is -0.385. The Morgan fingerprint density at radius 3 is 2.84 bits per heavy atom. The summed E-state index contributed by atoms with van der Waals surface area (Å²) in [6.45, 7) is 2.64. The van der Waals surface area contributed by atoms with Crippen LogP contribution in [0.5, 0.6) is 0 Å². The normalized spacial score (nSPS) is 11.9. The molecule has 1 atom stereocenters. The van der Waals surface area contributed by atoms with Gasteiger partial charge in [0.05, 0.1) is 9.40 Å². The molecular weight excluding hydrogens is 332 g/mol. The fourth-order valence-corrected chi connectivity index (χ4v) is 2.15. The molecular formula is C12H15BrN2O3S. The molecule has 0 heterocycles. The van der Waals surface area contributed by atoms with Crippen molar-refractivity contribution in [3.63, 3.8) is 0 Å². The van der Waals surface area contributed by atoms with Crippen molar-refractivity contribution in [3.8, 4) is 0 Å². The van der Waals surface area contributed by atoms with E-state index >= 15 is 0 Å². The number of amides is 1. The van der Waals surface area contributed by atoms with Crippen LogP contribution in [0.1, 0.15) is 23.7 Å². The molecule has 1 amide bonds. The van der Waals surface area contributed by atoms with Crippen LogP contribution in [0.15, 0.2) is 22.7 Å². The van der Waals surface area contributed by atoms with Crippen LogP contribution in [0.4, 0.5) is 5.69 Å². The van der Waals surface area contributed by atoms with E-state index in [0.29, 0.717) is 21.8 Å². The molecule has 0 fully saturated rings. The van der Waals surface area contributed by atoms with Crippen molar-refractivity contribution in [1.82, 2.24) is 5.32 Å². The number of nitrogens with zero attached hydrogens (tertiary/aromatic N) is 1. The van der Waals surface area contributed by atoms with Crippen LogP contribution in [0.25, 0.3) is 0 Å². The van der Waals surface area contributed by atoms with Crippen LogP contribution < -0.4 is 5.32 Å². The topological polar surface area (TPSA) is 72.2 Å². The highest BCUT2D eigenvalue weighted by Crippen LogP contribution is 2.25. The maximum atomic E-state index is 11.8. The first-order valence-corrected chi connectivity index (χ1v) is 7.78. The Kier molecular flexibility index (Phi) is 6.30. The lowest BCUT2D eigenvalue weighted by Crippen LogP contribution is -2.26. The molecule has 1 rings (SSSR count). The molecule has 0 spiro atoms. The van der Waals surface area contributed by atoms with Gasteiger partial charge in [-0.25, -0.2) is 0 Å². The van der Waals surface area contributed by atoms with Crippen molar-refractivity contribution in [3.05, 3.63) is 38.3 Å². The summed E-state index contributed by atoms with van der Waals surface area (Å²) < 4.78 is 0.366. The Hall–Kier alpha value is -1.08. The van der Waals surface area contributed by atoms with Crippen LogP contribution in [-0.4, -0.2) is 28.9 Å². The third-order valence-corrected chi connectivity index (χ3v) is 4.35. The summed E-state index contributed by atoms with van der Waals surface area (Å²) in [5.41, 5.74) is 0.192. The van der Waals surface area contributed by atoms with E-state index in [0.717, 1.165) is 6.42 Å². The van der Waals surface area contributed by atoms with E-state index in [9.17, 15) is 14.9 Å². The molecule has 19 heavy (non-hydrogen) atoms. The number of thioether (sulfide) groups is 1.